The van der Waals surface area contributed by atoms with Crippen molar-refractivity contribution in [3.8, 4) is 0 Å². The van der Waals surface area contributed by atoms with Gasteiger partial charge in [0.1, 0.15) is 5.01 Å². The molecule has 0 saturated heterocycles. The summed E-state index contributed by atoms with van der Waals surface area (Å²) in [4.78, 5) is 4.84. The number of benzene rings is 1. The van der Waals surface area contributed by atoms with Crippen molar-refractivity contribution in [1.82, 2.24) is 10.3 Å². The van der Waals surface area contributed by atoms with E-state index >= 15 is 0 Å². The fourth-order valence-electron chi connectivity index (χ4n) is 2.24. The fourth-order valence-corrected chi connectivity index (χ4v) is 3.29. The van der Waals surface area contributed by atoms with Gasteiger partial charge in [0.05, 0.1) is 11.7 Å². The number of nitrogens with zero attached hydrogens (tertiary/aromatic N) is 1. The SMILES string of the molecule is Cc1ccccc1C(NC(C)C)c1nc(C(C)C)cs1. The fraction of sp³-hybridized carbons (Fsp3) is 0.471. The summed E-state index contributed by atoms with van der Waals surface area (Å²) in [6, 6.07) is 9.17. The highest BCUT2D eigenvalue weighted by molar-refractivity contribution is 7.09. The predicted molar refractivity (Wildman–Crippen MR) is 87.5 cm³/mol. The Morgan fingerprint density at radius 3 is 2.35 bits per heavy atom. The standard InChI is InChI=1S/C17H24N2S/c1-11(2)15-10-20-17(19-15)16(18-12(3)4)14-9-7-6-8-13(14)5/h6-12,16,18H,1-5H3. The smallest absolute Gasteiger partial charge is 0.114 e. The molecule has 0 radical (unpaired) electrons. The maximum absolute atomic E-state index is 4.84. The number of nitrogens with one attached hydrogen (secondary N) is 1. The van der Waals surface area contributed by atoms with Crippen LogP contribution in [0.4, 0.5) is 0 Å². The summed E-state index contributed by atoms with van der Waals surface area (Å²) in [5.41, 5.74) is 3.83. The zero-order chi connectivity index (χ0) is 14.7. The van der Waals surface area contributed by atoms with Crippen molar-refractivity contribution in [2.45, 2.75) is 52.6 Å². The first-order chi connectivity index (χ1) is 9.49. The Bertz CT molecular complexity index is 558. The number of hydrogen-bond acceptors (Lipinski definition) is 3. The van der Waals surface area contributed by atoms with Gasteiger partial charge in [-0.1, -0.05) is 38.1 Å². The van der Waals surface area contributed by atoms with E-state index in [2.05, 4.69) is 69.6 Å². The van der Waals surface area contributed by atoms with Gasteiger partial charge >= 0.3 is 0 Å². The molecule has 108 valence electrons. The van der Waals surface area contributed by atoms with Crippen LogP contribution < -0.4 is 5.32 Å². The van der Waals surface area contributed by atoms with Crippen LogP contribution in [0.3, 0.4) is 0 Å². The minimum absolute atomic E-state index is 0.189. The number of aromatic nitrogens is 1. The minimum Gasteiger partial charge on any atom is -0.302 e. The van der Waals surface area contributed by atoms with Gasteiger partial charge in [0, 0.05) is 11.4 Å². The van der Waals surface area contributed by atoms with Crippen molar-refractivity contribution < 1.29 is 0 Å². The number of aryl methyl sites for hydroxylation is 1. The minimum atomic E-state index is 0.189. The van der Waals surface area contributed by atoms with Gasteiger partial charge in [0.25, 0.3) is 0 Å². The molecule has 0 spiro atoms. The van der Waals surface area contributed by atoms with Gasteiger partial charge < -0.3 is 5.32 Å². The van der Waals surface area contributed by atoms with Gasteiger partial charge in [0.15, 0.2) is 0 Å². The van der Waals surface area contributed by atoms with Crippen molar-refractivity contribution in [2.75, 3.05) is 0 Å². The van der Waals surface area contributed by atoms with E-state index < -0.39 is 0 Å². The highest BCUT2D eigenvalue weighted by Gasteiger charge is 2.20. The zero-order valence-corrected chi connectivity index (χ0v) is 13.8. The molecule has 0 aliphatic heterocycles. The van der Waals surface area contributed by atoms with E-state index in [1.807, 2.05) is 0 Å². The van der Waals surface area contributed by atoms with E-state index in [4.69, 9.17) is 4.98 Å². The first kappa shape index (κ1) is 15.2. The van der Waals surface area contributed by atoms with E-state index in [9.17, 15) is 0 Å². The summed E-state index contributed by atoms with van der Waals surface area (Å²) in [7, 11) is 0. The Morgan fingerprint density at radius 2 is 1.80 bits per heavy atom. The van der Waals surface area contributed by atoms with Crippen LogP contribution in [0, 0.1) is 6.92 Å². The molecule has 1 N–H and O–H groups in total. The van der Waals surface area contributed by atoms with Crippen LogP contribution in [0.25, 0.3) is 0 Å². The maximum atomic E-state index is 4.84. The molecule has 0 saturated carbocycles. The van der Waals surface area contributed by atoms with Crippen LogP contribution in [0.5, 0.6) is 0 Å². The summed E-state index contributed by atoms with van der Waals surface area (Å²) < 4.78 is 0. The molecule has 0 fully saturated rings. The highest BCUT2D eigenvalue weighted by atomic mass is 32.1. The van der Waals surface area contributed by atoms with Crippen molar-refractivity contribution in [1.29, 1.82) is 0 Å². The summed E-state index contributed by atoms with van der Waals surface area (Å²) >= 11 is 1.76. The van der Waals surface area contributed by atoms with Gasteiger partial charge in [-0.05, 0) is 37.8 Å². The van der Waals surface area contributed by atoms with Gasteiger partial charge in [-0.15, -0.1) is 11.3 Å². The molecule has 0 aliphatic carbocycles. The van der Waals surface area contributed by atoms with Crippen LogP contribution in [-0.4, -0.2) is 11.0 Å². The molecular weight excluding hydrogens is 264 g/mol. The largest absolute Gasteiger partial charge is 0.302 e. The first-order valence-corrected chi connectivity index (χ1v) is 8.14. The lowest BCUT2D eigenvalue weighted by Crippen LogP contribution is -2.29. The summed E-state index contributed by atoms with van der Waals surface area (Å²) in [5.74, 6) is 0.483. The monoisotopic (exact) mass is 288 g/mol. The molecule has 3 heteroatoms. The van der Waals surface area contributed by atoms with E-state index in [1.165, 1.54) is 16.8 Å². The second-order valence-corrected chi connectivity index (χ2v) is 6.77. The lowest BCUT2D eigenvalue weighted by Gasteiger charge is -2.21. The first-order valence-electron chi connectivity index (χ1n) is 7.26. The quantitative estimate of drug-likeness (QED) is 0.865. The molecule has 1 atom stereocenters. The van der Waals surface area contributed by atoms with Gasteiger partial charge in [-0.2, -0.15) is 0 Å². The Labute approximate surface area is 126 Å². The molecule has 1 aromatic heterocycles. The maximum Gasteiger partial charge on any atom is 0.114 e. The van der Waals surface area contributed by atoms with E-state index in [-0.39, 0.29) is 6.04 Å². The van der Waals surface area contributed by atoms with E-state index in [0.29, 0.717) is 12.0 Å². The Morgan fingerprint density at radius 1 is 1.10 bits per heavy atom. The summed E-state index contributed by atoms with van der Waals surface area (Å²) in [5, 5.41) is 7.00. The predicted octanol–water partition coefficient (Wildman–Crippen LogP) is 4.66. The van der Waals surface area contributed by atoms with Crippen LogP contribution in [0.1, 0.15) is 61.5 Å². The van der Waals surface area contributed by atoms with Gasteiger partial charge in [-0.25, -0.2) is 4.98 Å². The molecule has 0 amide bonds. The molecule has 20 heavy (non-hydrogen) atoms. The number of thiazole rings is 1. The van der Waals surface area contributed by atoms with Crippen molar-refractivity contribution in [3.05, 3.63) is 51.5 Å². The second kappa shape index (κ2) is 6.51. The van der Waals surface area contributed by atoms with Gasteiger partial charge in [-0.3, -0.25) is 0 Å². The molecule has 0 bridgehead atoms. The molecule has 2 rings (SSSR count). The van der Waals surface area contributed by atoms with Crippen LogP contribution >= 0.6 is 11.3 Å². The van der Waals surface area contributed by atoms with Gasteiger partial charge in [0.2, 0.25) is 0 Å². The molecule has 1 heterocycles. The third kappa shape index (κ3) is 3.47. The molecule has 1 unspecified atom stereocenters. The average Bonchev–Trinajstić information content (AvgIpc) is 2.86. The summed E-state index contributed by atoms with van der Waals surface area (Å²) in [6.07, 6.45) is 0. The zero-order valence-electron chi connectivity index (χ0n) is 13.0. The number of hydrogen-bond donors (Lipinski definition) is 1. The Kier molecular flexibility index (Phi) is 4.95. The molecule has 1 aromatic carbocycles. The van der Waals surface area contributed by atoms with E-state index in [1.54, 1.807) is 11.3 Å². The lowest BCUT2D eigenvalue weighted by atomic mass is 10.0. The molecule has 2 aromatic rings. The second-order valence-electron chi connectivity index (χ2n) is 5.88. The van der Waals surface area contributed by atoms with Crippen molar-refractivity contribution in [3.63, 3.8) is 0 Å². The third-order valence-corrected chi connectivity index (χ3v) is 4.31. The summed E-state index contributed by atoms with van der Waals surface area (Å²) in [6.45, 7) is 10.9. The topological polar surface area (TPSA) is 24.9 Å². The molecule has 0 aliphatic rings. The average molecular weight is 288 g/mol. The molecule has 2 nitrogen and oxygen atoms in total. The third-order valence-electron chi connectivity index (χ3n) is 3.38. The van der Waals surface area contributed by atoms with Crippen LogP contribution in [0.2, 0.25) is 0 Å². The Balaban J connectivity index is 2.39. The normalized spacial score (nSPS) is 13.2. The van der Waals surface area contributed by atoms with Crippen molar-refractivity contribution >= 4 is 11.3 Å². The Hall–Kier alpha value is -1.19. The van der Waals surface area contributed by atoms with Crippen LogP contribution in [0.15, 0.2) is 29.6 Å². The van der Waals surface area contributed by atoms with E-state index in [0.717, 1.165) is 5.01 Å². The lowest BCUT2D eigenvalue weighted by molar-refractivity contribution is 0.524. The number of rotatable bonds is 5. The van der Waals surface area contributed by atoms with Crippen molar-refractivity contribution in [2.24, 2.45) is 0 Å². The van der Waals surface area contributed by atoms with Crippen LogP contribution in [-0.2, 0) is 0 Å². The highest BCUT2D eigenvalue weighted by Crippen LogP contribution is 2.29. The molecular formula is C17H24N2S.